The molecule has 1 saturated carbocycles. The zero-order valence-electron chi connectivity index (χ0n) is 14.1. The number of carbonyl (C=O) groups is 1. The second kappa shape index (κ2) is 6.72. The van der Waals surface area contributed by atoms with Crippen LogP contribution in [0.1, 0.15) is 29.6 Å². The number of carboxylic acids is 1. The van der Waals surface area contributed by atoms with Crippen molar-refractivity contribution in [1.82, 2.24) is 15.0 Å². The maximum Gasteiger partial charge on any atom is 0.335 e. The van der Waals surface area contributed by atoms with E-state index in [-0.39, 0.29) is 12.2 Å². The number of carboxylic acid groups (broad SMARTS) is 1. The third-order valence-electron chi connectivity index (χ3n) is 4.32. The Morgan fingerprint density at radius 2 is 2.08 bits per heavy atom. The quantitative estimate of drug-likeness (QED) is 0.377. The van der Waals surface area contributed by atoms with Crippen LogP contribution in [0.5, 0.6) is 0 Å². The van der Waals surface area contributed by atoms with Crippen molar-refractivity contribution in [2.24, 2.45) is 0 Å². The molecule has 8 nitrogen and oxygen atoms in total. The van der Waals surface area contributed by atoms with E-state index < -0.39 is 5.97 Å². The molecule has 0 atom stereocenters. The molecular formula is C18H19N5O3. The molecule has 26 heavy (non-hydrogen) atoms. The Balaban J connectivity index is 1.84. The minimum Gasteiger partial charge on any atom is -0.478 e. The maximum absolute atomic E-state index is 11.3. The summed E-state index contributed by atoms with van der Waals surface area (Å²) in [5, 5.41) is 26.2. The number of rotatable bonds is 7. The molecule has 0 aliphatic heterocycles. The highest BCUT2D eigenvalue weighted by Gasteiger charge is 2.23. The van der Waals surface area contributed by atoms with Crippen LogP contribution in [-0.4, -0.2) is 50.3 Å². The molecule has 0 bridgehead atoms. The molecule has 1 aliphatic carbocycles. The smallest absolute Gasteiger partial charge is 0.335 e. The van der Waals surface area contributed by atoms with Crippen molar-refractivity contribution >= 4 is 39.5 Å². The summed E-state index contributed by atoms with van der Waals surface area (Å²) in [4.78, 5) is 24.8. The van der Waals surface area contributed by atoms with Crippen molar-refractivity contribution in [2.75, 3.05) is 23.8 Å². The summed E-state index contributed by atoms with van der Waals surface area (Å²) in [6.07, 6.45) is 4.51. The molecule has 2 heterocycles. The van der Waals surface area contributed by atoms with Crippen molar-refractivity contribution in [3.05, 3.63) is 30.0 Å². The number of hydrogen-bond acceptors (Lipinski definition) is 7. The predicted octanol–water partition coefficient (Wildman–Crippen LogP) is 2.24. The summed E-state index contributed by atoms with van der Waals surface area (Å²) in [6, 6.07) is 5.26. The fourth-order valence-corrected chi connectivity index (χ4v) is 2.80. The van der Waals surface area contributed by atoms with Gasteiger partial charge >= 0.3 is 5.97 Å². The van der Waals surface area contributed by atoms with E-state index in [1.165, 1.54) is 0 Å². The summed E-state index contributed by atoms with van der Waals surface area (Å²) in [5.41, 5.74) is 1.50. The fourth-order valence-electron chi connectivity index (χ4n) is 2.80. The Morgan fingerprint density at radius 3 is 2.81 bits per heavy atom. The Hall–Kier alpha value is -3.00. The second-order valence-corrected chi connectivity index (χ2v) is 6.38. The van der Waals surface area contributed by atoms with Crippen LogP contribution in [0.15, 0.2) is 24.4 Å². The SMILES string of the molecule is O=C(O)c1ccc2c(c1)nc(NC1CC1)c1nc(NCCCO)ncc12. The van der Waals surface area contributed by atoms with E-state index in [2.05, 4.69) is 25.6 Å². The van der Waals surface area contributed by atoms with Crippen LogP contribution in [0.4, 0.5) is 11.8 Å². The first-order valence-corrected chi connectivity index (χ1v) is 8.61. The van der Waals surface area contributed by atoms with Crippen LogP contribution in [0.2, 0.25) is 0 Å². The van der Waals surface area contributed by atoms with Gasteiger partial charge in [0.25, 0.3) is 0 Å². The van der Waals surface area contributed by atoms with E-state index in [0.29, 0.717) is 41.8 Å². The van der Waals surface area contributed by atoms with Crippen molar-refractivity contribution in [2.45, 2.75) is 25.3 Å². The lowest BCUT2D eigenvalue weighted by Crippen LogP contribution is -2.09. The number of pyridine rings is 1. The average molecular weight is 353 g/mol. The van der Waals surface area contributed by atoms with Crippen molar-refractivity contribution in [3.8, 4) is 0 Å². The number of aliphatic hydroxyl groups is 1. The molecule has 0 spiro atoms. The first-order chi connectivity index (χ1) is 12.7. The van der Waals surface area contributed by atoms with Gasteiger partial charge in [0.15, 0.2) is 5.82 Å². The number of nitrogens with one attached hydrogen (secondary N) is 2. The Morgan fingerprint density at radius 1 is 1.23 bits per heavy atom. The number of benzene rings is 1. The molecule has 2 aromatic heterocycles. The highest BCUT2D eigenvalue weighted by Crippen LogP contribution is 2.32. The largest absolute Gasteiger partial charge is 0.478 e. The molecule has 0 unspecified atom stereocenters. The lowest BCUT2D eigenvalue weighted by atomic mass is 10.1. The monoisotopic (exact) mass is 353 g/mol. The van der Waals surface area contributed by atoms with Gasteiger partial charge in [-0.25, -0.2) is 19.7 Å². The predicted molar refractivity (Wildman–Crippen MR) is 98.6 cm³/mol. The summed E-state index contributed by atoms with van der Waals surface area (Å²) < 4.78 is 0. The van der Waals surface area contributed by atoms with Gasteiger partial charge in [-0.1, -0.05) is 6.07 Å². The fraction of sp³-hybridized carbons (Fsp3) is 0.333. The highest BCUT2D eigenvalue weighted by molar-refractivity contribution is 6.09. The van der Waals surface area contributed by atoms with Crippen molar-refractivity contribution in [1.29, 1.82) is 0 Å². The summed E-state index contributed by atoms with van der Waals surface area (Å²) in [6.45, 7) is 0.684. The maximum atomic E-state index is 11.3. The molecular weight excluding hydrogens is 334 g/mol. The van der Waals surface area contributed by atoms with Gasteiger partial charge in [-0.05, 0) is 31.4 Å². The van der Waals surface area contributed by atoms with Crippen molar-refractivity contribution in [3.63, 3.8) is 0 Å². The summed E-state index contributed by atoms with van der Waals surface area (Å²) in [5.74, 6) is 0.142. The minimum atomic E-state index is -0.981. The number of aliphatic hydroxyl groups excluding tert-OH is 1. The first-order valence-electron chi connectivity index (χ1n) is 8.61. The minimum absolute atomic E-state index is 0.104. The Bertz CT molecular complexity index is 987. The standard InChI is InChI=1S/C18H19N5O3/c24-7-1-6-19-18-20-9-13-12-5-2-10(17(25)26)8-14(12)22-16(15(13)23-18)21-11-3-4-11/h2,5,8-9,11,24H,1,3-4,6-7H2,(H,21,22)(H,25,26)(H,19,20,23). The van der Waals surface area contributed by atoms with Crippen LogP contribution < -0.4 is 10.6 Å². The van der Waals surface area contributed by atoms with Crippen LogP contribution in [0.3, 0.4) is 0 Å². The van der Waals surface area contributed by atoms with Crippen LogP contribution in [0, 0.1) is 0 Å². The Labute approximate surface area is 149 Å². The van der Waals surface area contributed by atoms with E-state index in [0.717, 1.165) is 23.6 Å². The molecule has 134 valence electrons. The van der Waals surface area contributed by atoms with Gasteiger partial charge < -0.3 is 20.8 Å². The van der Waals surface area contributed by atoms with Gasteiger partial charge in [0, 0.05) is 36.2 Å². The third kappa shape index (κ3) is 3.23. The normalized spacial score (nSPS) is 13.9. The van der Waals surface area contributed by atoms with E-state index in [1.54, 1.807) is 24.4 Å². The number of aromatic carboxylic acids is 1. The third-order valence-corrected chi connectivity index (χ3v) is 4.32. The molecule has 4 N–H and O–H groups in total. The Kier molecular flexibility index (Phi) is 4.26. The van der Waals surface area contributed by atoms with Crippen LogP contribution in [-0.2, 0) is 0 Å². The van der Waals surface area contributed by atoms with Crippen molar-refractivity contribution < 1.29 is 15.0 Å². The van der Waals surface area contributed by atoms with Gasteiger partial charge in [0.1, 0.15) is 5.52 Å². The number of aromatic nitrogens is 3. The molecule has 8 heteroatoms. The molecule has 4 rings (SSSR count). The zero-order chi connectivity index (χ0) is 18.1. The lowest BCUT2D eigenvalue weighted by Gasteiger charge is -2.12. The van der Waals surface area contributed by atoms with Gasteiger partial charge in [0.05, 0.1) is 11.1 Å². The molecule has 0 amide bonds. The van der Waals surface area contributed by atoms with Gasteiger partial charge in [-0.2, -0.15) is 0 Å². The molecule has 1 fully saturated rings. The zero-order valence-corrected chi connectivity index (χ0v) is 14.1. The average Bonchev–Trinajstić information content (AvgIpc) is 3.45. The molecule has 3 aromatic rings. The lowest BCUT2D eigenvalue weighted by molar-refractivity contribution is 0.0697. The van der Waals surface area contributed by atoms with E-state index in [4.69, 9.17) is 5.11 Å². The van der Waals surface area contributed by atoms with Gasteiger partial charge in [-0.15, -0.1) is 0 Å². The summed E-state index contributed by atoms with van der Waals surface area (Å²) >= 11 is 0. The molecule has 1 aromatic carbocycles. The second-order valence-electron chi connectivity index (χ2n) is 6.38. The van der Waals surface area contributed by atoms with Crippen LogP contribution >= 0.6 is 0 Å². The highest BCUT2D eigenvalue weighted by atomic mass is 16.4. The summed E-state index contributed by atoms with van der Waals surface area (Å²) in [7, 11) is 0. The number of anilines is 2. The molecule has 1 aliphatic rings. The topological polar surface area (TPSA) is 120 Å². The van der Waals surface area contributed by atoms with E-state index in [1.807, 2.05) is 0 Å². The van der Waals surface area contributed by atoms with Gasteiger partial charge in [-0.3, -0.25) is 0 Å². The first kappa shape index (κ1) is 16.5. The van der Waals surface area contributed by atoms with Gasteiger partial charge in [0.2, 0.25) is 5.95 Å². The number of hydrogen-bond donors (Lipinski definition) is 4. The molecule has 0 radical (unpaired) electrons. The molecule has 0 saturated heterocycles. The van der Waals surface area contributed by atoms with E-state index in [9.17, 15) is 9.90 Å². The van der Waals surface area contributed by atoms with Crippen LogP contribution in [0.25, 0.3) is 21.8 Å². The number of fused-ring (bicyclic) bond motifs is 3. The van der Waals surface area contributed by atoms with E-state index >= 15 is 0 Å². The number of nitrogens with zero attached hydrogens (tertiary/aromatic N) is 3.